The molecular formula is C12H15N3O3. The van der Waals surface area contributed by atoms with E-state index in [1.54, 1.807) is 29.3 Å². The summed E-state index contributed by atoms with van der Waals surface area (Å²) in [4.78, 5) is 28.4. The number of pyridine rings is 1. The first-order valence-electron chi connectivity index (χ1n) is 5.83. The van der Waals surface area contributed by atoms with Crippen LogP contribution in [0.2, 0.25) is 0 Å². The average molecular weight is 249 g/mol. The lowest BCUT2D eigenvalue weighted by Crippen LogP contribution is -2.42. The van der Waals surface area contributed by atoms with Crippen LogP contribution in [-0.2, 0) is 4.74 Å². The standard InChI is InChI=1S/C12H15N3O3/c13-12(17)18-9-4-7-15(8-5-9)11(16)10-3-1-2-6-14-10/h1-3,6,9H,4-5,7-8H2,(H2,13,17). The molecule has 2 rings (SSSR count). The first-order valence-corrected chi connectivity index (χ1v) is 5.83. The molecule has 0 aromatic carbocycles. The summed E-state index contributed by atoms with van der Waals surface area (Å²) >= 11 is 0. The summed E-state index contributed by atoms with van der Waals surface area (Å²) in [5, 5.41) is 0. The maximum atomic E-state index is 12.1. The fourth-order valence-corrected chi connectivity index (χ4v) is 1.99. The van der Waals surface area contributed by atoms with Gasteiger partial charge >= 0.3 is 6.09 Å². The Hall–Kier alpha value is -2.11. The van der Waals surface area contributed by atoms with E-state index in [0.717, 1.165) is 0 Å². The smallest absolute Gasteiger partial charge is 0.404 e. The van der Waals surface area contributed by atoms with Gasteiger partial charge in [0.15, 0.2) is 0 Å². The third kappa shape index (κ3) is 2.97. The van der Waals surface area contributed by atoms with Gasteiger partial charge in [-0.05, 0) is 12.1 Å². The van der Waals surface area contributed by atoms with Crippen LogP contribution in [-0.4, -0.2) is 41.1 Å². The van der Waals surface area contributed by atoms with Crippen LogP contribution in [0.5, 0.6) is 0 Å². The highest BCUT2D eigenvalue weighted by atomic mass is 16.6. The van der Waals surface area contributed by atoms with Gasteiger partial charge in [-0.1, -0.05) is 6.07 Å². The van der Waals surface area contributed by atoms with Crippen LogP contribution in [0, 0.1) is 0 Å². The van der Waals surface area contributed by atoms with E-state index in [4.69, 9.17) is 10.5 Å². The minimum absolute atomic E-state index is 0.0897. The molecule has 1 aliphatic rings. The van der Waals surface area contributed by atoms with Gasteiger partial charge in [-0.25, -0.2) is 4.79 Å². The van der Waals surface area contributed by atoms with Crippen molar-refractivity contribution in [3.05, 3.63) is 30.1 Å². The number of rotatable bonds is 2. The highest BCUT2D eigenvalue weighted by Crippen LogP contribution is 2.15. The van der Waals surface area contributed by atoms with Crippen molar-refractivity contribution in [2.45, 2.75) is 18.9 Å². The van der Waals surface area contributed by atoms with Gasteiger partial charge in [0.2, 0.25) is 0 Å². The van der Waals surface area contributed by atoms with E-state index in [2.05, 4.69) is 4.98 Å². The van der Waals surface area contributed by atoms with Gasteiger partial charge in [-0.15, -0.1) is 0 Å². The molecule has 0 aliphatic carbocycles. The second-order valence-electron chi connectivity index (χ2n) is 4.14. The number of aromatic nitrogens is 1. The van der Waals surface area contributed by atoms with Crippen LogP contribution in [0.1, 0.15) is 23.3 Å². The Balaban J connectivity index is 1.90. The topological polar surface area (TPSA) is 85.5 Å². The van der Waals surface area contributed by atoms with Crippen molar-refractivity contribution >= 4 is 12.0 Å². The van der Waals surface area contributed by atoms with E-state index in [9.17, 15) is 9.59 Å². The highest BCUT2D eigenvalue weighted by molar-refractivity contribution is 5.92. The lowest BCUT2D eigenvalue weighted by atomic mass is 10.1. The molecule has 0 radical (unpaired) electrons. The number of hydrogen-bond donors (Lipinski definition) is 1. The number of primary amides is 1. The Morgan fingerprint density at radius 1 is 1.33 bits per heavy atom. The number of likely N-dealkylation sites (tertiary alicyclic amines) is 1. The van der Waals surface area contributed by atoms with Crippen LogP contribution in [0.3, 0.4) is 0 Å². The molecule has 0 unspecified atom stereocenters. The normalized spacial score (nSPS) is 16.3. The predicted molar refractivity (Wildman–Crippen MR) is 63.8 cm³/mol. The number of piperidine rings is 1. The molecule has 0 saturated carbocycles. The van der Waals surface area contributed by atoms with Gasteiger partial charge in [-0.3, -0.25) is 9.78 Å². The van der Waals surface area contributed by atoms with Crippen molar-refractivity contribution in [1.82, 2.24) is 9.88 Å². The van der Waals surface area contributed by atoms with E-state index >= 15 is 0 Å². The molecule has 18 heavy (non-hydrogen) atoms. The quantitative estimate of drug-likeness (QED) is 0.839. The second-order valence-corrected chi connectivity index (χ2v) is 4.14. The van der Waals surface area contributed by atoms with Crippen molar-refractivity contribution in [2.24, 2.45) is 5.73 Å². The zero-order chi connectivity index (χ0) is 13.0. The van der Waals surface area contributed by atoms with Crippen LogP contribution in [0.15, 0.2) is 24.4 Å². The van der Waals surface area contributed by atoms with Crippen LogP contribution >= 0.6 is 0 Å². The molecule has 2 heterocycles. The maximum Gasteiger partial charge on any atom is 0.404 e. The molecule has 1 saturated heterocycles. The summed E-state index contributed by atoms with van der Waals surface area (Å²) in [5.41, 5.74) is 5.39. The van der Waals surface area contributed by atoms with Crippen molar-refractivity contribution in [3.8, 4) is 0 Å². The van der Waals surface area contributed by atoms with Crippen LogP contribution in [0.4, 0.5) is 4.79 Å². The van der Waals surface area contributed by atoms with Crippen molar-refractivity contribution < 1.29 is 14.3 Å². The third-order valence-electron chi connectivity index (χ3n) is 2.90. The molecule has 6 nitrogen and oxygen atoms in total. The number of nitrogens with two attached hydrogens (primary N) is 1. The van der Waals surface area contributed by atoms with E-state index in [-0.39, 0.29) is 12.0 Å². The first-order chi connectivity index (χ1) is 8.66. The summed E-state index contributed by atoms with van der Waals surface area (Å²) < 4.78 is 4.91. The van der Waals surface area contributed by atoms with E-state index in [1.807, 2.05) is 0 Å². The fraction of sp³-hybridized carbons (Fsp3) is 0.417. The molecule has 0 bridgehead atoms. The number of nitrogens with zero attached hydrogens (tertiary/aromatic N) is 2. The Morgan fingerprint density at radius 3 is 2.61 bits per heavy atom. The lowest BCUT2D eigenvalue weighted by Gasteiger charge is -2.31. The van der Waals surface area contributed by atoms with Gasteiger partial charge in [0.25, 0.3) is 5.91 Å². The molecule has 1 aromatic rings. The molecular weight excluding hydrogens is 234 g/mol. The van der Waals surface area contributed by atoms with E-state index in [0.29, 0.717) is 31.6 Å². The number of ether oxygens (including phenoxy) is 1. The number of amides is 2. The zero-order valence-electron chi connectivity index (χ0n) is 9.91. The molecule has 2 amide bonds. The van der Waals surface area contributed by atoms with Gasteiger partial charge in [0, 0.05) is 32.1 Å². The molecule has 96 valence electrons. The van der Waals surface area contributed by atoms with Gasteiger partial charge in [-0.2, -0.15) is 0 Å². The van der Waals surface area contributed by atoms with Gasteiger partial charge in [0.05, 0.1) is 0 Å². The monoisotopic (exact) mass is 249 g/mol. The molecule has 1 aliphatic heterocycles. The predicted octanol–water partition coefficient (Wildman–Crippen LogP) is 0.782. The summed E-state index contributed by atoms with van der Waals surface area (Å²) in [7, 11) is 0. The average Bonchev–Trinajstić information content (AvgIpc) is 2.39. The molecule has 1 fully saturated rings. The highest BCUT2D eigenvalue weighted by Gasteiger charge is 2.25. The fourth-order valence-electron chi connectivity index (χ4n) is 1.99. The molecule has 6 heteroatoms. The Bertz CT molecular complexity index is 427. The summed E-state index contributed by atoms with van der Waals surface area (Å²) in [6.07, 6.45) is 1.87. The van der Waals surface area contributed by atoms with Crippen LogP contribution < -0.4 is 5.73 Å². The van der Waals surface area contributed by atoms with E-state index in [1.165, 1.54) is 0 Å². The second kappa shape index (κ2) is 5.48. The Morgan fingerprint density at radius 2 is 2.06 bits per heavy atom. The minimum Gasteiger partial charge on any atom is -0.446 e. The van der Waals surface area contributed by atoms with Crippen molar-refractivity contribution in [3.63, 3.8) is 0 Å². The first kappa shape index (κ1) is 12.3. The molecule has 1 aromatic heterocycles. The number of hydrogen-bond acceptors (Lipinski definition) is 4. The van der Waals surface area contributed by atoms with Gasteiger partial charge < -0.3 is 15.4 Å². The summed E-state index contributed by atoms with van der Waals surface area (Å²) in [5.74, 6) is -0.0897. The lowest BCUT2D eigenvalue weighted by molar-refractivity contribution is 0.0451. The number of carbonyl (C=O) groups is 2. The largest absolute Gasteiger partial charge is 0.446 e. The zero-order valence-corrected chi connectivity index (χ0v) is 9.91. The SMILES string of the molecule is NC(=O)OC1CCN(C(=O)c2ccccn2)CC1. The van der Waals surface area contributed by atoms with Gasteiger partial charge in [0.1, 0.15) is 11.8 Å². The van der Waals surface area contributed by atoms with E-state index < -0.39 is 6.09 Å². The molecule has 2 N–H and O–H groups in total. The van der Waals surface area contributed by atoms with Crippen molar-refractivity contribution in [2.75, 3.05) is 13.1 Å². The third-order valence-corrected chi connectivity index (χ3v) is 2.90. The Kier molecular flexibility index (Phi) is 3.76. The molecule has 0 spiro atoms. The van der Waals surface area contributed by atoms with Crippen LogP contribution in [0.25, 0.3) is 0 Å². The summed E-state index contributed by atoms with van der Waals surface area (Å²) in [6.45, 7) is 1.10. The van der Waals surface area contributed by atoms with Crippen molar-refractivity contribution in [1.29, 1.82) is 0 Å². The number of carbonyl (C=O) groups excluding carboxylic acids is 2. The molecule has 0 atom stereocenters. The minimum atomic E-state index is -0.760. The Labute approximate surface area is 105 Å². The summed E-state index contributed by atoms with van der Waals surface area (Å²) in [6, 6.07) is 5.24. The maximum absolute atomic E-state index is 12.1.